The lowest BCUT2D eigenvalue weighted by molar-refractivity contribution is 0.112. The second-order valence-corrected chi connectivity index (χ2v) is 3.95. The van der Waals surface area contributed by atoms with Gasteiger partial charge in [0.1, 0.15) is 0 Å². The highest BCUT2D eigenvalue weighted by molar-refractivity contribution is 4.79. The van der Waals surface area contributed by atoms with Crippen molar-refractivity contribution in [2.45, 2.75) is 39.3 Å². The van der Waals surface area contributed by atoms with Crippen LogP contribution in [0.5, 0.6) is 0 Å². The maximum atomic E-state index is 5.50. The molecule has 0 aromatic rings. The molecule has 0 amide bonds. The van der Waals surface area contributed by atoms with Crippen LogP contribution in [0.4, 0.5) is 0 Å². The normalized spacial score (nSPS) is 27.4. The molecule has 1 saturated heterocycles. The summed E-state index contributed by atoms with van der Waals surface area (Å²) >= 11 is 0. The van der Waals surface area contributed by atoms with Gasteiger partial charge in [0.15, 0.2) is 0 Å². The summed E-state index contributed by atoms with van der Waals surface area (Å²) in [6, 6.07) is 0.575. The molecule has 3 nitrogen and oxygen atoms in total. The Kier molecular flexibility index (Phi) is 5.45. The van der Waals surface area contributed by atoms with E-state index in [2.05, 4.69) is 31.0 Å². The highest BCUT2D eigenvalue weighted by atomic mass is 16.5. The number of rotatable bonds is 6. The number of likely N-dealkylation sites (N-methyl/N-ethyl adjacent to an activating group) is 1. The van der Waals surface area contributed by atoms with E-state index >= 15 is 0 Å². The third kappa shape index (κ3) is 3.56. The van der Waals surface area contributed by atoms with Crippen molar-refractivity contribution >= 4 is 0 Å². The largest absolute Gasteiger partial charge is 0.377 e. The molecule has 84 valence electrons. The van der Waals surface area contributed by atoms with Crippen molar-refractivity contribution < 1.29 is 4.74 Å². The van der Waals surface area contributed by atoms with Crippen molar-refractivity contribution in [1.29, 1.82) is 0 Å². The molecule has 1 aliphatic heterocycles. The summed E-state index contributed by atoms with van der Waals surface area (Å²) in [5.74, 6) is 0. The predicted octanol–water partition coefficient (Wildman–Crippen LogP) is 1.10. The smallest absolute Gasteiger partial charge is 0.0700 e. The Bertz CT molecular complexity index is 148. The standard InChI is InChI=1S/C11H24N2O/c1-4-13(5-2)8-7-12-11-6-9-14-10(11)3/h10-12H,4-9H2,1-3H3. The lowest BCUT2D eigenvalue weighted by Crippen LogP contribution is -2.40. The summed E-state index contributed by atoms with van der Waals surface area (Å²) in [5, 5.41) is 3.56. The van der Waals surface area contributed by atoms with E-state index in [-0.39, 0.29) is 0 Å². The molecule has 2 atom stereocenters. The van der Waals surface area contributed by atoms with Gasteiger partial charge >= 0.3 is 0 Å². The third-order valence-corrected chi connectivity index (χ3v) is 3.11. The first-order valence-corrected chi connectivity index (χ1v) is 5.85. The van der Waals surface area contributed by atoms with Crippen LogP contribution in [0.1, 0.15) is 27.2 Å². The van der Waals surface area contributed by atoms with Crippen molar-refractivity contribution in [3.8, 4) is 0 Å². The van der Waals surface area contributed by atoms with E-state index in [1.54, 1.807) is 0 Å². The van der Waals surface area contributed by atoms with Crippen LogP contribution in [-0.4, -0.2) is 49.8 Å². The summed E-state index contributed by atoms with van der Waals surface area (Å²) < 4.78 is 5.50. The Hall–Kier alpha value is -0.120. The summed E-state index contributed by atoms with van der Waals surface area (Å²) in [4.78, 5) is 2.44. The van der Waals surface area contributed by atoms with Crippen LogP contribution >= 0.6 is 0 Å². The van der Waals surface area contributed by atoms with Gasteiger partial charge in [-0.1, -0.05) is 13.8 Å². The molecule has 0 bridgehead atoms. The van der Waals surface area contributed by atoms with Crippen molar-refractivity contribution in [3.63, 3.8) is 0 Å². The van der Waals surface area contributed by atoms with Gasteiger partial charge in [0.05, 0.1) is 6.10 Å². The first-order chi connectivity index (χ1) is 6.77. The third-order valence-electron chi connectivity index (χ3n) is 3.11. The second-order valence-electron chi connectivity index (χ2n) is 3.95. The lowest BCUT2D eigenvalue weighted by atomic mass is 10.1. The van der Waals surface area contributed by atoms with Crippen LogP contribution in [0.25, 0.3) is 0 Å². The van der Waals surface area contributed by atoms with Gasteiger partial charge in [0, 0.05) is 25.7 Å². The van der Waals surface area contributed by atoms with Crippen LogP contribution < -0.4 is 5.32 Å². The molecule has 0 spiro atoms. The maximum Gasteiger partial charge on any atom is 0.0700 e. The quantitative estimate of drug-likeness (QED) is 0.695. The molecule has 1 fully saturated rings. The number of hydrogen-bond acceptors (Lipinski definition) is 3. The van der Waals surface area contributed by atoms with Gasteiger partial charge in [-0.25, -0.2) is 0 Å². The van der Waals surface area contributed by atoms with Gasteiger partial charge < -0.3 is 15.0 Å². The van der Waals surface area contributed by atoms with Gasteiger partial charge in [0.2, 0.25) is 0 Å². The average molecular weight is 200 g/mol. The number of nitrogens with one attached hydrogen (secondary N) is 1. The minimum absolute atomic E-state index is 0.395. The molecule has 1 N–H and O–H groups in total. The van der Waals surface area contributed by atoms with E-state index in [9.17, 15) is 0 Å². The molecular formula is C11H24N2O. The van der Waals surface area contributed by atoms with Gasteiger partial charge in [-0.15, -0.1) is 0 Å². The van der Waals surface area contributed by atoms with Crippen molar-refractivity contribution in [2.75, 3.05) is 32.8 Å². The van der Waals surface area contributed by atoms with E-state index < -0.39 is 0 Å². The molecule has 0 radical (unpaired) electrons. The van der Waals surface area contributed by atoms with Gasteiger partial charge in [-0.3, -0.25) is 0 Å². The fourth-order valence-corrected chi connectivity index (χ4v) is 1.95. The molecule has 14 heavy (non-hydrogen) atoms. The minimum Gasteiger partial charge on any atom is -0.377 e. The predicted molar refractivity (Wildman–Crippen MR) is 59.6 cm³/mol. The molecule has 3 heteroatoms. The monoisotopic (exact) mass is 200 g/mol. The highest BCUT2D eigenvalue weighted by Crippen LogP contribution is 2.11. The Morgan fingerprint density at radius 1 is 1.36 bits per heavy atom. The molecule has 0 saturated carbocycles. The first-order valence-electron chi connectivity index (χ1n) is 5.85. The Balaban J connectivity index is 2.08. The van der Waals surface area contributed by atoms with Crippen molar-refractivity contribution in [2.24, 2.45) is 0 Å². The topological polar surface area (TPSA) is 24.5 Å². The zero-order valence-electron chi connectivity index (χ0n) is 9.75. The fraction of sp³-hybridized carbons (Fsp3) is 1.00. The molecule has 0 aromatic carbocycles. The summed E-state index contributed by atoms with van der Waals surface area (Å²) in [6.07, 6.45) is 1.56. The molecule has 0 aliphatic carbocycles. The minimum atomic E-state index is 0.395. The average Bonchev–Trinajstić information content (AvgIpc) is 2.59. The summed E-state index contributed by atoms with van der Waals surface area (Å²) in [7, 11) is 0. The van der Waals surface area contributed by atoms with E-state index in [1.165, 1.54) is 6.42 Å². The van der Waals surface area contributed by atoms with Gasteiger partial charge in [-0.05, 0) is 26.4 Å². The maximum absolute atomic E-state index is 5.50. The lowest BCUT2D eigenvalue weighted by Gasteiger charge is -2.21. The van der Waals surface area contributed by atoms with E-state index in [0.29, 0.717) is 12.1 Å². The second kappa shape index (κ2) is 6.38. The zero-order chi connectivity index (χ0) is 10.4. The summed E-state index contributed by atoms with van der Waals surface area (Å²) in [6.45, 7) is 12.0. The molecular weight excluding hydrogens is 176 g/mol. The van der Waals surface area contributed by atoms with Gasteiger partial charge in [0.25, 0.3) is 0 Å². The Morgan fingerprint density at radius 2 is 2.07 bits per heavy atom. The molecule has 0 aromatic heterocycles. The number of hydrogen-bond donors (Lipinski definition) is 1. The van der Waals surface area contributed by atoms with E-state index in [0.717, 1.165) is 32.8 Å². The summed E-state index contributed by atoms with van der Waals surface area (Å²) in [5.41, 5.74) is 0. The molecule has 1 heterocycles. The Morgan fingerprint density at radius 3 is 2.57 bits per heavy atom. The Labute approximate surface area is 87.8 Å². The molecule has 2 unspecified atom stereocenters. The van der Waals surface area contributed by atoms with Crippen LogP contribution in [-0.2, 0) is 4.74 Å². The van der Waals surface area contributed by atoms with Crippen LogP contribution in [0, 0.1) is 0 Å². The SMILES string of the molecule is CCN(CC)CCNC1CCOC1C. The van der Waals surface area contributed by atoms with Crippen LogP contribution in [0.15, 0.2) is 0 Å². The van der Waals surface area contributed by atoms with Crippen molar-refractivity contribution in [1.82, 2.24) is 10.2 Å². The van der Waals surface area contributed by atoms with Crippen LogP contribution in [0.3, 0.4) is 0 Å². The van der Waals surface area contributed by atoms with E-state index in [4.69, 9.17) is 4.74 Å². The van der Waals surface area contributed by atoms with Crippen molar-refractivity contribution in [3.05, 3.63) is 0 Å². The number of ether oxygens (including phenoxy) is 1. The number of nitrogens with zero attached hydrogens (tertiary/aromatic N) is 1. The molecule has 1 rings (SSSR count). The van der Waals surface area contributed by atoms with E-state index in [1.807, 2.05) is 0 Å². The molecule has 1 aliphatic rings. The first kappa shape index (κ1) is 12.0. The van der Waals surface area contributed by atoms with Gasteiger partial charge in [-0.2, -0.15) is 0 Å². The van der Waals surface area contributed by atoms with Crippen LogP contribution in [0.2, 0.25) is 0 Å². The fourth-order valence-electron chi connectivity index (χ4n) is 1.95. The zero-order valence-corrected chi connectivity index (χ0v) is 9.75. The highest BCUT2D eigenvalue weighted by Gasteiger charge is 2.22.